The second-order valence-electron chi connectivity index (χ2n) is 3.65. The largest absolute Gasteiger partial charge is 0.411 e. The van der Waals surface area contributed by atoms with E-state index in [1.54, 1.807) is 6.92 Å². The lowest BCUT2D eigenvalue weighted by Crippen LogP contribution is -2.20. The van der Waals surface area contributed by atoms with Gasteiger partial charge in [0.25, 0.3) is 0 Å². The maximum atomic E-state index is 12.8. The highest BCUT2D eigenvalue weighted by atomic mass is 19.4. The standard InChI is InChI=1S/C11H12F4O2/c1-7-4-8(12)2-3-9(7)10(16)5-17-6-11(13,14)15/h2-4,10,16H,5-6H2,1H3. The van der Waals surface area contributed by atoms with E-state index in [0.29, 0.717) is 11.1 Å². The Morgan fingerprint density at radius 3 is 2.53 bits per heavy atom. The molecule has 0 aliphatic carbocycles. The summed E-state index contributed by atoms with van der Waals surface area (Å²) in [5.41, 5.74) is 0.821. The molecule has 1 atom stereocenters. The third kappa shape index (κ3) is 4.70. The molecule has 0 aliphatic heterocycles. The predicted octanol–water partition coefficient (Wildman–Crippen LogP) is 2.75. The van der Waals surface area contributed by atoms with E-state index in [0.717, 1.165) is 6.07 Å². The molecule has 6 heteroatoms. The smallest absolute Gasteiger partial charge is 0.386 e. The molecule has 0 aliphatic rings. The third-order valence-electron chi connectivity index (χ3n) is 2.13. The van der Waals surface area contributed by atoms with Gasteiger partial charge in [-0.2, -0.15) is 13.2 Å². The molecule has 0 aromatic heterocycles. The van der Waals surface area contributed by atoms with Crippen molar-refractivity contribution in [2.75, 3.05) is 13.2 Å². The molecule has 0 amide bonds. The molecule has 0 spiro atoms. The molecule has 1 aromatic rings. The highest BCUT2D eigenvalue weighted by Gasteiger charge is 2.28. The summed E-state index contributed by atoms with van der Waals surface area (Å²) in [5, 5.41) is 9.57. The number of rotatable bonds is 4. The molecule has 17 heavy (non-hydrogen) atoms. The lowest BCUT2D eigenvalue weighted by Gasteiger charge is -2.15. The van der Waals surface area contributed by atoms with Crippen molar-refractivity contribution in [1.29, 1.82) is 0 Å². The summed E-state index contributed by atoms with van der Waals surface area (Å²) in [5.74, 6) is -0.463. The first-order valence-electron chi connectivity index (χ1n) is 4.88. The number of hydrogen-bond donors (Lipinski definition) is 1. The lowest BCUT2D eigenvalue weighted by molar-refractivity contribution is -0.179. The fourth-order valence-corrected chi connectivity index (χ4v) is 1.39. The SMILES string of the molecule is Cc1cc(F)ccc1C(O)COCC(F)(F)F. The van der Waals surface area contributed by atoms with E-state index in [-0.39, 0.29) is 0 Å². The van der Waals surface area contributed by atoms with E-state index >= 15 is 0 Å². The van der Waals surface area contributed by atoms with Gasteiger partial charge in [-0.1, -0.05) is 6.07 Å². The van der Waals surface area contributed by atoms with Crippen molar-refractivity contribution in [2.24, 2.45) is 0 Å². The van der Waals surface area contributed by atoms with E-state index < -0.39 is 31.3 Å². The van der Waals surface area contributed by atoms with Gasteiger partial charge in [0.15, 0.2) is 0 Å². The number of alkyl halides is 3. The zero-order valence-electron chi connectivity index (χ0n) is 9.09. The van der Waals surface area contributed by atoms with Crippen LogP contribution >= 0.6 is 0 Å². The minimum Gasteiger partial charge on any atom is -0.386 e. The summed E-state index contributed by atoms with van der Waals surface area (Å²) in [6, 6.07) is 3.66. The normalized spacial score (nSPS) is 13.8. The molecule has 1 rings (SSSR count). The minimum atomic E-state index is -4.42. The highest BCUT2D eigenvalue weighted by Crippen LogP contribution is 2.20. The number of aliphatic hydroxyl groups excluding tert-OH is 1. The number of halogens is 4. The molecule has 0 saturated carbocycles. The van der Waals surface area contributed by atoms with Crippen LogP contribution in [0.15, 0.2) is 18.2 Å². The Hall–Kier alpha value is -1.14. The van der Waals surface area contributed by atoms with Gasteiger partial charge in [-0.3, -0.25) is 0 Å². The Morgan fingerprint density at radius 1 is 1.35 bits per heavy atom. The van der Waals surface area contributed by atoms with Gasteiger partial charge in [-0.25, -0.2) is 4.39 Å². The monoisotopic (exact) mass is 252 g/mol. The second-order valence-corrected chi connectivity index (χ2v) is 3.65. The molecule has 1 aromatic carbocycles. The van der Waals surface area contributed by atoms with Gasteiger partial charge in [0.05, 0.1) is 6.61 Å². The van der Waals surface area contributed by atoms with Crippen molar-refractivity contribution in [3.05, 3.63) is 35.1 Å². The van der Waals surface area contributed by atoms with Crippen molar-refractivity contribution >= 4 is 0 Å². The molecular weight excluding hydrogens is 240 g/mol. The summed E-state index contributed by atoms with van der Waals surface area (Å²) in [6.07, 6.45) is -5.62. The molecule has 0 bridgehead atoms. The molecule has 2 nitrogen and oxygen atoms in total. The average molecular weight is 252 g/mol. The van der Waals surface area contributed by atoms with Crippen LogP contribution < -0.4 is 0 Å². The van der Waals surface area contributed by atoms with E-state index in [9.17, 15) is 22.7 Å². The Bertz CT molecular complexity index is 376. The van der Waals surface area contributed by atoms with E-state index in [2.05, 4.69) is 4.74 Å². The van der Waals surface area contributed by atoms with Crippen LogP contribution in [-0.4, -0.2) is 24.5 Å². The third-order valence-corrected chi connectivity index (χ3v) is 2.13. The molecular formula is C11H12F4O2. The van der Waals surface area contributed by atoms with Gasteiger partial charge in [-0.15, -0.1) is 0 Å². The summed E-state index contributed by atoms with van der Waals surface area (Å²) in [4.78, 5) is 0. The predicted molar refractivity (Wildman–Crippen MR) is 53.0 cm³/mol. The first kappa shape index (κ1) is 13.9. The molecule has 96 valence electrons. The first-order valence-corrected chi connectivity index (χ1v) is 4.88. The number of aliphatic hydroxyl groups is 1. The molecule has 0 fully saturated rings. The van der Waals surface area contributed by atoms with Crippen molar-refractivity contribution in [3.8, 4) is 0 Å². The fraction of sp³-hybridized carbons (Fsp3) is 0.455. The Morgan fingerprint density at radius 2 is 2.00 bits per heavy atom. The van der Waals surface area contributed by atoms with Gasteiger partial charge >= 0.3 is 6.18 Å². The summed E-state index contributed by atoms with van der Waals surface area (Å²) in [6.45, 7) is -0.332. The molecule has 0 radical (unpaired) electrons. The van der Waals surface area contributed by atoms with Crippen LogP contribution in [-0.2, 0) is 4.74 Å². The number of aryl methyl sites for hydroxylation is 1. The average Bonchev–Trinajstić information content (AvgIpc) is 2.15. The van der Waals surface area contributed by atoms with Crippen LogP contribution in [0.4, 0.5) is 17.6 Å². The van der Waals surface area contributed by atoms with Crippen molar-refractivity contribution in [2.45, 2.75) is 19.2 Å². The zero-order chi connectivity index (χ0) is 13.1. The topological polar surface area (TPSA) is 29.5 Å². The zero-order valence-corrected chi connectivity index (χ0v) is 9.09. The Kier molecular flexibility index (Phi) is 4.47. The first-order chi connectivity index (χ1) is 7.79. The number of hydrogen-bond acceptors (Lipinski definition) is 2. The van der Waals surface area contributed by atoms with Gasteiger partial charge in [0.2, 0.25) is 0 Å². The van der Waals surface area contributed by atoms with Gasteiger partial charge in [0, 0.05) is 0 Å². The summed E-state index contributed by atoms with van der Waals surface area (Å²) >= 11 is 0. The summed E-state index contributed by atoms with van der Waals surface area (Å²) < 4.78 is 52.4. The van der Waals surface area contributed by atoms with E-state index in [4.69, 9.17) is 0 Å². The van der Waals surface area contributed by atoms with Gasteiger partial charge < -0.3 is 9.84 Å². The summed E-state index contributed by atoms with van der Waals surface area (Å²) in [7, 11) is 0. The molecule has 1 unspecified atom stereocenters. The highest BCUT2D eigenvalue weighted by molar-refractivity contribution is 5.28. The van der Waals surface area contributed by atoms with Crippen LogP contribution in [0.5, 0.6) is 0 Å². The minimum absolute atomic E-state index is 0.355. The van der Waals surface area contributed by atoms with Gasteiger partial charge in [0.1, 0.15) is 18.5 Å². The van der Waals surface area contributed by atoms with Gasteiger partial charge in [-0.05, 0) is 30.2 Å². The van der Waals surface area contributed by atoms with Crippen LogP contribution in [0.3, 0.4) is 0 Å². The van der Waals surface area contributed by atoms with E-state index in [1.165, 1.54) is 12.1 Å². The maximum absolute atomic E-state index is 12.8. The van der Waals surface area contributed by atoms with Crippen LogP contribution in [0.1, 0.15) is 17.2 Å². The quantitative estimate of drug-likeness (QED) is 0.835. The number of benzene rings is 1. The van der Waals surface area contributed by atoms with Crippen molar-refractivity contribution in [1.82, 2.24) is 0 Å². The van der Waals surface area contributed by atoms with Crippen molar-refractivity contribution in [3.63, 3.8) is 0 Å². The number of ether oxygens (including phenoxy) is 1. The Balaban J connectivity index is 2.55. The maximum Gasteiger partial charge on any atom is 0.411 e. The molecule has 1 N–H and O–H groups in total. The lowest BCUT2D eigenvalue weighted by atomic mass is 10.0. The van der Waals surface area contributed by atoms with Crippen LogP contribution in [0.25, 0.3) is 0 Å². The van der Waals surface area contributed by atoms with Crippen molar-refractivity contribution < 1.29 is 27.4 Å². The van der Waals surface area contributed by atoms with E-state index in [1.807, 2.05) is 0 Å². The second kappa shape index (κ2) is 5.46. The van der Waals surface area contributed by atoms with Crippen LogP contribution in [0.2, 0.25) is 0 Å². The fourth-order valence-electron chi connectivity index (χ4n) is 1.39. The molecule has 0 saturated heterocycles. The van der Waals surface area contributed by atoms with Crippen LogP contribution in [0, 0.1) is 12.7 Å². The molecule has 0 heterocycles. The Labute approximate surface area is 95.8 Å².